The Hall–Kier alpha value is -6.90. The maximum absolute atomic E-state index is 6.86. The van der Waals surface area contributed by atoms with Crippen molar-refractivity contribution in [2.24, 2.45) is 0 Å². The molecule has 52 heavy (non-hydrogen) atoms. The SMILES string of the molecule is c1ccc(-c2ccc(-c3ccccc3N(c3ccccc3-c3ccccc3)c3ccccc3-c3oc4ccccc4c3-c3ccccc3)cc2)cc1. The molecule has 1 heterocycles. The number of hydrogen-bond donors (Lipinski definition) is 0. The average molecular weight is 666 g/mol. The molecule has 0 aliphatic heterocycles. The van der Waals surface area contributed by atoms with Gasteiger partial charge in [0.1, 0.15) is 11.3 Å². The molecule has 0 saturated carbocycles. The van der Waals surface area contributed by atoms with Crippen LogP contribution in [0.5, 0.6) is 0 Å². The summed E-state index contributed by atoms with van der Waals surface area (Å²) in [5.74, 6) is 0.842. The van der Waals surface area contributed by atoms with Crippen LogP contribution in [0.1, 0.15) is 0 Å². The number of hydrogen-bond acceptors (Lipinski definition) is 2. The smallest absolute Gasteiger partial charge is 0.145 e. The molecular formula is C50H35NO. The highest BCUT2D eigenvalue weighted by Gasteiger charge is 2.26. The molecule has 0 bridgehead atoms. The third-order valence-electron chi connectivity index (χ3n) is 9.73. The van der Waals surface area contributed by atoms with Crippen molar-refractivity contribution in [1.29, 1.82) is 0 Å². The number of anilines is 3. The van der Waals surface area contributed by atoms with Crippen molar-refractivity contribution in [3.8, 4) is 55.8 Å². The van der Waals surface area contributed by atoms with Crippen LogP contribution in [0, 0.1) is 0 Å². The Bertz CT molecular complexity index is 2610. The molecule has 0 spiro atoms. The molecule has 9 aromatic rings. The quantitative estimate of drug-likeness (QED) is 0.161. The lowest BCUT2D eigenvalue weighted by molar-refractivity contribution is 0.632. The van der Waals surface area contributed by atoms with E-state index in [0.717, 1.165) is 72.7 Å². The first-order valence-corrected chi connectivity index (χ1v) is 17.7. The van der Waals surface area contributed by atoms with Gasteiger partial charge in [-0.1, -0.05) is 182 Å². The molecule has 9 rings (SSSR count). The molecule has 0 aliphatic rings. The number of fused-ring (bicyclic) bond motifs is 1. The van der Waals surface area contributed by atoms with Crippen LogP contribution in [0.2, 0.25) is 0 Å². The van der Waals surface area contributed by atoms with Crippen molar-refractivity contribution in [3.05, 3.63) is 212 Å². The summed E-state index contributed by atoms with van der Waals surface area (Å²) in [5, 5.41) is 1.09. The Morgan fingerprint density at radius 1 is 0.288 bits per heavy atom. The molecule has 0 atom stereocenters. The second-order valence-electron chi connectivity index (χ2n) is 12.9. The van der Waals surface area contributed by atoms with Gasteiger partial charge in [0.2, 0.25) is 0 Å². The van der Waals surface area contributed by atoms with E-state index < -0.39 is 0 Å². The maximum atomic E-state index is 6.86. The van der Waals surface area contributed by atoms with Gasteiger partial charge >= 0.3 is 0 Å². The van der Waals surface area contributed by atoms with Crippen LogP contribution in [-0.4, -0.2) is 0 Å². The number of benzene rings is 8. The van der Waals surface area contributed by atoms with Crippen LogP contribution < -0.4 is 4.90 Å². The Kier molecular flexibility index (Phi) is 8.24. The van der Waals surface area contributed by atoms with Gasteiger partial charge in [-0.3, -0.25) is 0 Å². The van der Waals surface area contributed by atoms with Crippen molar-refractivity contribution in [2.45, 2.75) is 0 Å². The monoisotopic (exact) mass is 665 g/mol. The van der Waals surface area contributed by atoms with Gasteiger partial charge in [-0.15, -0.1) is 0 Å². The van der Waals surface area contributed by atoms with Gasteiger partial charge in [0.15, 0.2) is 0 Å². The fourth-order valence-corrected chi connectivity index (χ4v) is 7.29. The van der Waals surface area contributed by atoms with E-state index in [9.17, 15) is 0 Å². The minimum Gasteiger partial charge on any atom is -0.455 e. The highest BCUT2D eigenvalue weighted by atomic mass is 16.3. The van der Waals surface area contributed by atoms with Crippen LogP contribution in [0.25, 0.3) is 66.8 Å². The normalized spacial score (nSPS) is 11.1. The molecule has 1 aromatic heterocycles. The summed E-state index contributed by atoms with van der Waals surface area (Å²) < 4.78 is 6.86. The van der Waals surface area contributed by atoms with Crippen LogP contribution >= 0.6 is 0 Å². The predicted molar refractivity (Wildman–Crippen MR) is 218 cm³/mol. The molecule has 2 heteroatoms. The zero-order valence-corrected chi connectivity index (χ0v) is 28.6. The summed E-state index contributed by atoms with van der Waals surface area (Å²) in [6.45, 7) is 0. The third kappa shape index (κ3) is 5.77. The molecule has 246 valence electrons. The van der Waals surface area contributed by atoms with Gasteiger partial charge < -0.3 is 9.32 Å². The fourth-order valence-electron chi connectivity index (χ4n) is 7.29. The number of furan rings is 1. The molecule has 0 N–H and O–H groups in total. The first-order valence-electron chi connectivity index (χ1n) is 17.7. The van der Waals surface area contributed by atoms with Gasteiger partial charge in [0, 0.05) is 27.6 Å². The summed E-state index contributed by atoms with van der Waals surface area (Å²) in [6, 6.07) is 75.1. The summed E-state index contributed by atoms with van der Waals surface area (Å²) in [7, 11) is 0. The lowest BCUT2D eigenvalue weighted by atomic mass is 9.95. The predicted octanol–water partition coefficient (Wildman–Crippen LogP) is 14.2. The highest BCUT2D eigenvalue weighted by molar-refractivity contribution is 6.05. The van der Waals surface area contributed by atoms with Gasteiger partial charge in [-0.25, -0.2) is 0 Å². The van der Waals surface area contributed by atoms with Gasteiger partial charge in [-0.05, 0) is 58.1 Å². The minimum absolute atomic E-state index is 0.842. The van der Waals surface area contributed by atoms with Gasteiger partial charge in [0.25, 0.3) is 0 Å². The van der Waals surface area contributed by atoms with Crippen molar-refractivity contribution in [3.63, 3.8) is 0 Å². The van der Waals surface area contributed by atoms with Crippen LogP contribution in [-0.2, 0) is 0 Å². The Morgan fingerprint density at radius 2 is 0.673 bits per heavy atom. The van der Waals surface area contributed by atoms with Crippen molar-refractivity contribution in [2.75, 3.05) is 4.90 Å². The average Bonchev–Trinajstić information content (AvgIpc) is 3.62. The molecule has 8 aromatic carbocycles. The molecule has 0 unspecified atom stereocenters. The zero-order chi connectivity index (χ0) is 34.7. The largest absolute Gasteiger partial charge is 0.455 e. The number of nitrogens with zero attached hydrogens (tertiary/aromatic N) is 1. The fraction of sp³-hybridized carbons (Fsp3) is 0. The first kappa shape index (κ1) is 31.1. The third-order valence-corrected chi connectivity index (χ3v) is 9.73. The van der Waals surface area contributed by atoms with E-state index in [2.05, 4.69) is 211 Å². The standard InChI is InChI=1S/C50H35NO/c1-4-18-36(19-5-1)37-32-34-39(35-33-37)42-25-11-15-29-46(42)51(45-28-14-10-24-41(45)38-20-6-2-7-21-38)47-30-16-12-26-43(47)50-49(40-22-8-3-9-23-40)44-27-13-17-31-48(44)52-50/h1-35H. The summed E-state index contributed by atoms with van der Waals surface area (Å²) in [4.78, 5) is 2.42. The van der Waals surface area contributed by atoms with E-state index in [1.54, 1.807) is 0 Å². The number of rotatable bonds is 8. The zero-order valence-electron chi connectivity index (χ0n) is 28.6. The Labute approximate surface area is 304 Å². The number of para-hydroxylation sites is 4. The lowest BCUT2D eigenvalue weighted by Crippen LogP contribution is -2.13. The lowest BCUT2D eigenvalue weighted by Gasteiger charge is -2.31. The molecule has 0 radical (unpaired) electrons. The van der Waals surface area contributed by atoms with Gasteiger partial charge in [0.05, 0.1) is 17.1 Å². The first-order chi connectivity index (χ1) is 25.8. The molecule has 0 aliphatic carbocycles. The Morgan fingerprint density at radius 3 is 1.27 bits per heavy atom. The van der Waals surface area contributed by atoms with E-state index in [4.69, 9.17) is 4.42 Å². The molecule has 0 amide bonds. The summed E-state index contributed by atoms with van der Waals surface area (Å²) in [5.41, 5.74) is 14.2. The second kappa shape index (κ2) is 13.8. The van der Waals surface area contributed by atoms with Crippen molar-refractivity contribution in [1.82, 2.24) is 0 Å². The van der Waals surface area contributed by atoms with E-state index in [1.807, 2.05) is 6.07 Å². The molecular weight excluding hydrogens is 631 g/mol. The maximum Gasteiger partial charge on any atom is 0.145 e. The highest BCUT2D eigenvalue weighted by Crippen LogP contribution is 2.50. The summed E-state index contributed by atoms with van der Waals surface area (Å²) in [6.07, 6.45) is 0. The van der Waals surface area contributed by atoms with Crippen LogP contribution in [0.15, 0.2) is 217 Å². The van der Waals surface area contributed by atoms with E-state index in [0.29, 0.717) is 0 Å². The molecule has 0 saturated heterocycles. The van der Waals surface area contributed by atoms with E-state index >= 15 is 0 Å². The topological polar surface area (TPSA) is 16.4 Å². The van der Waals surface area contributed by atoms with E-state index in [1.165, 1.54) is 11.1 Å². The second-order valence-corrected chi connectivity index (χ2v) is 12.9. The van der Waals surface area contributed by atoms with Gasteiger partial charge in [-0.2, -0.15) is 0 Å². The Balaban J connectivity index is 1.30. The summed E-state index contributed by atoms with van der Waals surface area (Å²) >= 11 is 0. The van der Waals surface area contributed by atoms with Crippen LogP contribution in [0.3, 0.4) is 0 Å². The van der Waals surface area contributed by atoms with Crippen molar-refractivity contribution >= 4 is 28.0 Å². The molecule has 0 fully saturated rings. The molecule has 2 nitrogen and oxygen atoms in total. The minimum atomic E-state index is 0.842. The van der Waals surface area contributed by atoms with E-state index in [-0.39, 0.29) is 0 Å². The van der Waals surface area contributed by atoms with Crippen LogP contribution in [0.4, 0.5) is 17.1 Å². The van der Waals surface area contributed by atoms with Crippen molar-refractivity contribution < 1.29 is 4.42 Å².